The van der Waals surface area contributed by atoms with Gasteiger partial charge in [0, 0.05) is 56.1 Å². The summed E-state index contributed by atoms with van der Waals surface area (Å²) in [5, 5.41) is 2.64. The molecule has 0 bridgehead atoms. The van der Waals surface area contributed by atoms with Gasteiger partial charge in [0.05, 0.1) is 4.90 Å². The molecule has 2 heterocycles. The van der Waals surface area contributed by atoms with Crippen LogP contribution in [0.15, 0.2) is 59.5 Å². The maximum absolute atomic E-state index is 13.1. The van der Waals surface area contributed by atoms with Crippen LogP contribution in [0, 0.1) is 13.8 Å². The number of amides is 1. The molecule has 1 aromatic heterocycles. The molecule has 1 fully saturated rings. The number of hydrogen-bond donors (Lipinski definition) is 1. The fourth-order valence-corrected chi connectivity index (χ4v) is 5.19. The highest BCUT2D eigenvalue weighted by Gasteiger charge is 2.29. The Labute approximate surface area is 194 Å². The van der Waals surface area contributed by atoms with E-state index in [9.17, 15) is 13.2 Å². The fraction of sp³-hybridized carbons (Fsp3) is 0.292. The summed E-state index contributed by atoms with van der Waals surface area (Å²) in [6, 6.07) is 16.3. The van der Waals surface area contributed by atoms with Gasteiger partial charge in [-0.1, -0.05) is 29.8 Å². The van der Waals surface area contributed by atoms with Gasteiger partial charge < -0.3 is 10.2 Å². The van der Waals surface area contributed by atoms with E-state index >= 15 is 0 Å². The van der Waals surface area contributed by atoms with E-state index in [0.29, 0.717) is 37.7 Å². The second-order valence-corrected chi connectivity index (χ2v) is 10.1. The molecule has 0 saturated carbocycles. The lowest BCUT2D eigenvalue weighted by Crippen LogP contribution is -2.49. The summed E-state index contributed by atoms with van der Waals surface area (Å²) in [5.74, 6) is 1.27. The van der Waals surface area contributed by atoms with Gasteiger partial charge in [-0.05, 0) is 38.1 Å². The van der Waals surface area contributed by atoms with Crippen LogP contribution in [0.1, 0.15) is 18.2 Å². The molecule has 3 aromatic rings. The molecule has 4 rings (SSSR count). The maximum Gasteiger partial charge on any atom is 0.243 e. The number of nitrogens with zero attached hydrogens (tertiary/aromatic N) is 4. The normalized spacial score (nSPS) is 14.8. The van der Waals surface area contributed by atoms with Crippen LogP contribution >= 0.6 is 0 Å². The van der Waals surface area contributed by atoms with Gasteiger partial charge in [-0.3, -0.25) is 4.79 Å². The number of sulfonamides is 1. The van der Waals surface area contributed by atoms with Crippen LogP contribution < -0.4 is 10.2 Å². The zero-order valence-electron chi connectivity index (χ0n) is 18.9. The average Bonchev–Trinajstić information content (AvgIpc) is 2.79. The second kappa shape index (κ2) is 9.29. The van der Waals surface area contributed by atoms with Gasteiger partial charge in [0.15, 0.2) is 5.82 Å². The minimum atomic E-state index is -3.62. The fourth-order valence-electron chi connectivity index (χ4n) is 3.77. The maximum atomic E-state index is 13.1. The van der Waals surface area contributed by atoms with Gasteiger partial charge in [0.25, 0.3) is 0 Å². The average molecular weight is 466 g/mol. The first-order valence-corrected chi connectivity index (χ1v) is 12.2. The van der Waals surface area contributed by atoms with E-state index in [1.54, 1.807) is 12.1 Å². The number of carbonyl (C=O) groups is 1. The summed E-state index contributed by atoms with van der Waals surface area (Å²) < 4.78 is 27.7. The molecule has 172 valence electrons. The van der Waals surface area contributed by atoms with Crippen molar-refractivity contribution < 1.29 is 13.2 Å². The number of rotatable bonds is 5. The molecule has 33 heavy (non-hydrogen) atoms. The standard InChI is InChI=1S/C24H27N5O3S/c1-17-4-6-20(7-5-17)24-25-18(2)16-23(27-24)28-12-14-29(15-13-28)33(31,32)22-10-8-21(9-11-22)26-19(3)30/h4-11,16H,12-15H2,1-3H3,(H,26,30). The van der Waals surface area contributed by atoms with Crippen molar-refractivity contribution in [3.05, 3.63) is 65.9 Å². The Morgan fingerprint density at radius 3 is 2.15 bits per heavy atom. The Morgan fingerprint density at radius 2 is 1.55 bits per heavy atom. The summed E-state index contributed by atoms with van der Waals surface area (Å²) in [6.45, 7) is 7.18. The monoisotopic (exact) mass is 465 g/mol. The summed E-state index contributed by atoms with van der Waals surface area (Å²) >= 11 is 0. The highest BCUT2D eigenvalue weighted by atomic mass is 32.2. The molecule has 0 radical (unpaired) electrons. The van der Waals surface area contributed by atoms with E-state index in [4.69, 9.17) is 4.98 Å². The van der Waals surface area contributed by atoms with Crippen molar-refractivity contribution in [2.24, 2.45) is 0 Å². The van der Waals surface area contributed by atoms with Crippen molar-refractivity contribution in [2.75, 3.05) is 36.4 Å². The molecule has 0 unspecified atom stereocenters. The SMILES string of the molecule is CC(=O)Nc1ccc(S(=O)(=O)N2CCN(c3cc(C)nc(-c4ccc(C)cc4)n3)CC2)cc1. The molecule has 0 aliphatic carbocycles. The lowest BCUT2D eigenvalue weighted by molar-refractivity contribution is -0.114. The first-order valence-electron chi connectivity index (χ1n) is 10.8. The van der Waals surface area contributed by atoms with Crippen LogP contribution in [0.3, 0.4) is 0 Å². The minimum absolute atomic E-state index is 0.202. The van der Waals surface area contributed by atoms with E-state index in [1.807, 2.05) is 44.2 Å². The molecule has 0 spiro atoms. The number of nitrogens with one attached hydrogen (secondary N) is 1. The Bertz CT molecular complexity index is 1250. The van der Waals surface area contributed by atoms with Crippen LogP contribution in [0.4, 0.5) is 11.5 Å². The van der Waals surface area contributed by atoms with Crippen molar-refractivity contribution in [3.8, 4) is 11.4 Å². The van der Waals surface area contributed by atoms with Crippen molar-refractivity contribution >= 4 is 27.4 Å². The molecule has 1 amide bonds. The largest absolute Gasteiger partial charge is 0.354 e. The predicted molar refractivity (Wildman–Crippen MR) is 129 cm³/mol. The van der Waals surface area contributed by atoms with Gasteiger partial charge in [0.1, 0.15) is 5.82 Å². The van der Waals surface area contributed by atoms with Gasteiger partial charge >= 0.3 is 0 Å². The highest BCUT2D eigenvalue weighted by molar-refractivity contribution is 7.89. The molecule has 1 aliphatic heterocycles. The Morgan fingerprint density at radius 1 is 0.909 bits per heavy atom. The van der Waals surface area contributed by atoms with Gasteiger partial charge in [-0.25, -0.2) is 18.4 Å². The molecular formula is C24H27N5O3S. The second-order valence-electron chi connectivity index (χ2n) is 8.15. The van der Waals surface area contributed by atoms with E-state index in [0.717, 1.165) is 17.1 Å². The number of hydrogen-bond acceptors (Lipinski definition) is 6. The molecule has 1 saturated heterocycles. The van der Waals surface area contributed by atoms with E-state index in [1.165, 1.54) is 28.9 Å². The lowest BCUT2D eigenvalue weighted by Gasteiger charge is -2.34. The molecule has 9 heteroatoms. The zero-order valence-corrected chi connectivity index (χ0v) is 19.8. The van der Waals surface area contributed by atoms with Crippen LogP contribution in [0.5, 0.6) is 0 Å². The van der Waals surface area contributed by atoms with Crippen molar-refractivity contribution in [3.63, 3.8) is 0 Å². The molecule has 1 N–H and O–H groups in total. The van der Waals surface area contributed by atoms with Gasteiger partial charge in [0.2, 0.25) is 15.9 Å². The number of piperazine rings is 1. The van der Waals surface area contributed by atoms with Crippen molar-refractivity contribution in [1.82, 2.24) is 14.3 Å². The molecular weight excluding hydrogens is 438 g/mol. The van der Waals surface area contributed by atoms with Crippen molar-refractivity contribution in [2.45, 2.75) is 25.7 Å². The summed E-state index contributed by atoms with van der Waals surface area (Å²) in [6.07, 6.45) is 0. The lowest BCUT2D eigenvalue weighted by atomic mass is 10.1. The summed E-state index contributed by atoms with van der Waals surface area (Å²) in [7, 11) is -3.62. The Balaban J connectivity index is 1.47. The van der Waals surface area contributed by atoms with Crippen LogP contribution in [-0.4, -0.2) is 54.8 Å². The molecule has 2 aromatic carbocycles. The topological polar surface area (TPSA) is 95.5 Å². The number of carbonyl (C=O) groups excluding carboxylic acids is 1. The Hall–Kier alpha value is -3.30. The van der Waals surface area contributed by atoms with Crippen LogP contribution in [0.25, 0.3) is 11.4 Å². The third kappa shape index (κ3) is 5.20. The Kier molecular flexibility index (Phi) is 6.44. The first-order chi connectivity index (χ1) is 15.7. The first kappa shape index (κ1) is 22.9. The van der Waals surface area contributed by atoms with E-state index in [2.05, 4.69) is 15.2 Å². The highest BCUT2D eigenvalue weighted by Crippen LogP contribution is 2.24. The molecule has 0 atom stereocenters. The third-order valence-electron chi connectivity index (χ3n) is 5.53. The zero-order chi connectivity index (χ0) is 23.6. The number of aryl methyl sites for hydroxylation is 2. The number of anilines is 2. The van der Waals surface area contributed by atoms with E-state index < -0.39 is 10.0 Å². The van der Waals surface area contributed by atoms with Gasteiger partial charge in [-0.15, -0.1) is 0 Å². The third-order valence-corrected chi connectivity index (χ3v) is 7.44. The minimum Gasteiger partial charge on any atom is -0.354 e. The van der Waals surface area contributed by atoms with Crippen LogP contribution in [0.2, 0.25) is 0 Å². The van der Waals surface area contributed by atoms with Gasteiger partial charge in [-0.2, -0.15) is 4.31 Å². The summed E-state index contributed by atoms with van der Waals surface area (Å²) in [4.78, 5) is 22.8. The quantitative estimate of drug-likeness (QED) is 0.622. The van der Waals surface area contributed by atoms with E-state index in [-0.39, 0.29) is 10.8 Å². The molecule has 8 nitrogen and oxygen atoms in total. The van der Waals surface area contributed by atoms with Crippen LogP contribution in [-0.2, 0) is 14.8 Å². The molecule has 1 aliphatic rings. The summed E-state index contributed by atoms with van der Waals surface area (Å²) in [5.41, 5.74) is 3.56. The number of aromatic nitrogens is 2. The number of benzene rings is 2. The van der Waals surface area contributed by atoms with Crippen molar-refractivity contribution in [1.29, 1.82) is 0 Å². The predicted octanol–water partition coefficient (Wildman–Crippen LogP) is 3.23. The smallest absolute Gasteiger partial charge is 0.243 e.